The van der Waals surface area contributed by atoms with Crippen molar-refractivity contribution < 1.29 is 0 Å². The first-order valence-electron chi connectivity index (χ1n) is 6.55. The Kier molecular flexibility index (Phi) is 2.92. The maximum absolute atomic E-state index is 4.49. The highest BCUT2D eigenvalue weighted by Gasteiger charge is 2.20. The fraction of sp³-hybridized carbons (Fsp3) is 0.400. The van der Waals surface area contributed by atoms with E-state index in [4.69, 9.17) is 0 Å². The average molecular weight is 241 g/mol. The summed E-state index contributed by atoms with van der Waals surface area (Å²) in [5, 5.41) is 8.04. The molecular formula is C15H19N3. The summed E-state index contributed by atoms with van der Waals surface area (Å²) in [5.74, 6) is 0. The Hall–Kier alpha value is -1.61. The maximum Gasteiger partial charge on any atom is 0.0925 e. The first-order valence-corrected chi connectivity index (χ1v) is 6.55. The fourth-order valence-corrected chi connectivity index (χ4v) is 2.16. The SMILES string of the molecule is Cc1ccc(CNC2CC2)cc1-c1ccn(C)n1. The Morgan fingerprint density at radius 3 is 2.83 bits per heavy atom. The zero-order valence-corrected chi connectivity index (χ0v) is 11.0. The van der Waals surface area contributed by atoms with Gasteiger partial charge in [-0.1, -0.05) is 12.1 Å². The molecule has 1 aliphatic carbocycles. The predicted molar refractivity (Wildman–Crippen MR) is 73.2 cm³/mol. The van der Waals surface area contributed by atoms with E-state index in [9.17, 15) is 0 Å². The molecule has 0 amide bonds. The summed E-state index contributed by atoms with van der Waals surface area (Å²) >= 11 is 0. The highest BCUT2D eigenvalue weighted by molar-refractivity contribution is 5.64. The van der Waals surface area contributed by atoms with Crippen LogP contribution in [-0.4, -0.2) is 15.8 Å². The summed E-state index contributed by atoms with van der Waals surface area (Å²) in [4.78, 5) is 0. The number of rotatable bonds is 4. The van der Waals surface area contributed by atoms with Crippen molar-refractivity contribution in [3.8, 4) is 11.3 Å². The Bertz CT molecular complexity index is 553. The van der Waals surface area contributed by atoms with Crippen molar-refractivity contribution in [1.82, 2.24) is 15.1 Å². The van der Waals surface area contributed by atoms with Crippen LogP contribution < -0.4 is 5.32 Å². The molecule has 0 spiro atoms. The summed E-state index contributed by atoms with van der Waals surface area (Å²) in [5.41, 5.74) is 4.92. The summed E-state index contributed by atoms with van der Waals surface area (Å²) in [6, 6.07) is 9.48. The van der Waals surface area contributed by atoms with Crippen LogP contribution in [0.15, 0.2) is 30.5 Å². The van der Waals surface area contributed by atoms with E-state index in [1.165, 1.54) is 29.5 Å². The molecule has 18 heavy (non-hydrogen) atoms. The van der Waals surface area contributed by atoms with Crippen molar-refractivity contribution in [3.63, 3.8) is 0 Å². The van der Waals surface area contributed by atoms with Gasteiger partial charge in [-0.15, -0.1) is 0 Å². The lowest BCUT2D eigenvalue weighted by Crippen LogP contribution is -2.15. The Morgan fingerprint density at radius 2 is 2.17 bits per heavy atom. The van der Waals surface area contributed by atoms with E-state index in [1.54, 1.807) is 0 Å². The molecule has 1 aromatic heterocycles. The number of nitrogens with one attached hydrogen (secondary N) is 1. The number of aryl methyl sites for hydroxylation is 2. The van der Waals surface area contributed by atoms with Crippen LogP contribution in [0.2, 0.25) is 0 Å². The number of hydrogen-bond acceptors (Lipinski definition) is 2. The quantitative estimate of drug-likeness (QED) is 0.892. The third kappa shape index (κ3) is 2.46. The number of aromatic nitrogens is 2. The van der Waals surface area contributed by atoms with E-state index in [1.807, 2.05) is 17.9 Å². The van der Waals surface area contributed by atoms with Gasteiger partial charge in [0.05, 0.1) is 5.69 Å². The third-order valence-corrected chi connectivity index (χ3v) is 3.46. The van der Waals surface area contributed by atoms with E-state index in [0.717, 1.165) is 18.3 Å². The summed E-state index contributed by atoms with van der Waals surface area (Å²) in [6.45, 7) is 3.10. The lowest BCUT2D eigenvalue weighted by molar-refractivity contribution is 0.688. The molecule has 2 aromatic rings. The smallest absolute Gasteiger partial charge is 0.0925 e. The molecule has 1 aromatic carbocycles. The molecule has 0 radical (unpaired) electrons. The van der Waals surface area contributed by atoms with Gasteiger partial charge in [-0.2, -0.15) is 5.10 Å². The molecule has 94 valence electrons. The monoisotopic (exact) mass is 241 g/mol. The van der Waals surface area contributed by atoms with Gasteiger partial charge in [0.2, 0.25) is 0 Å². The van der Waals surface area contributed by atoms with Gasteiger partial charge in [0.15, 0.2) is 0 Å². The molecule has 1 fully saturated rings. The number of benzene rings is 1. The van der Waals surface area contributed by atoms with Crippen LogP contribution in [0.4, 0.5) is 0 Å². The first-order chi connectivity index (χ1) is 8.72. The number of hydrogen-bond donors (Lipinski definition) is 1. The second-order valence-electron chi connectivity index (χ2n) is 5.18. The van der Waals surface area contributed by atoms with Crippen molar-refractivity contribution >= 4 is 0 Å². The minimum atomic E-state index is 0.754. The van der Waals surface area contributed by atoms with Crippen molar-refractivity contribution in [1.29, 1.82) is 0 Å². The van der Waals surface area contributed by atoms with Crippen LogP contribution in [-0.2, 0) is 13.6 Å². The molecule has 3 nitrogen and oxygen atoms in total. The molecule has 1 aliphatic rings. The lowest BCUT2D eigenvalue weighted by Gasteiger charge is -2.08. The van der Waals surface area contributed by atoms with Crippen molar-refractivity contribution in [2.45, 2.75) is 32.4 Å². The van der Waals surface area contributed by atoms with Crippen LogP contribution in [0.1, 0.15) is 24.0 Å². The predicted octanol–water partition coefficient (Wildman–Crippen LogP) is 2.65. The van der Waals surface area contributed by atoms with Crippen LogP contribution in [0, 0.1) is 6.92 Å². The van der Waals surface area contributed by atoms with Gasteiger partial charge < -0.3 is 5.32 Å². The van der Waals surface area contributed by atoms with Gasteiger partial charge in [-0.3, -0.25) is 4.68 Å². The zero-order chi connectivity index (χ0) is 12.5. The fourth-order valence-electron chi connectivity index (χ4n) is 2.16. The largest absolute Gasteiger partial charge is 0.310 e. The highest BCUT2D eigenvalue weighted by atomic mass is 15.2. The highest BCUT2D eigenvalue weighted by Crippen LogP contribution is 2.24. The first kappa shape index (κ1) is 11.5. The van der Waals surface area contributed by atoms with Crippen molar-refractivity contribution in [3.05, 3.63) is 41.6 Å². The molecule has 3 rings (SSSR count). The normalized spacial score (nSPS) is 15.0. The van der Waals surface area contributed by atoms with Gasteiger partial charge in [0.25, 0.3) is 0 Å². The second-order valence-corrected chi connectivity index (χ2v) is 5.18. The van der Waals surface area contributed by atoms with Gasteiger partial charge in [0, 0.05) is 31.4 Å². The molecule has 0 saturated heterocycles. The minimum absolute atomic E-state index is 0.754. The molecular weight excluding hydrogens is 222 g/mol. The second kappa shape index (κ2) is 4.58. The van der Waals surface area contributed by atoms with Crippen LogP contribution >= 0.6 is 0 Å². The maximum atomic E-state index is 4.49. The topological polar surface area (TPSA) is 29.9 Å². The van der Waals surface area contributed by atoms with Gasteiger partial charge >= 0.3 is 0 Å². The lowest BCUT2D eigenvalue weighted by atomic mass is 10.0. The van der Waals surface area contributed by atoms with E-state index < -0.39 is 0 Å². The van der Waals surface area contributed by atoms with Crippen molar-refractivity contribution in [2.75, 3.05) is 0 Å². The van der Waals surface area contributed by atoms with Crippen molar-refractivity contribution in [2.24, 2.45) is 7.05 Å². The summed E-state index contributed by atoms with van der Waals surface area (Å²) < 4.78 is 1.85. The number of nitrogens with zero attached hydrogens (tertiary/aromatic N) is 2. The molecule has 1 N–H and O–H groups in total. The molecule has 0 atom stereocenters. The van der Waals surface area contributed by atoms with Gasteiger partial charge in [-0.05, 0) is 43.0 Å². The molecule has 1 heterocycles. The van der Waals surface area contributed by atoms with Crippen LogP contribution in [0.3, 0.4) is 0 Å². The minimum Gasteiger partial charge on any atom is -0.310 e. The molecule has 3 heteroatoms. The Balaban J connectivity index is 1.85. The Morgan fingerprint density at radius 1 is 1.33 bits per heavy atom. The van der Waals surface area contributed by atoms with Gasteiger partial charge in [-0.25, -0.2) is 0 Å². The van der Waals surface area contributed by atoms with Crippen LogP contribution in [0.25, 0.3) is 11.3 Å². The van der Waals surface area contributed by atoms with Crippen LogP contribution in [0.5, 0.6) is 0 Å². The molecule has 0 unspecified atom stereocenters. The van der Waals surface area contributed by atoms with E-state index in [0.29, 0.717) is 0 Å². The molecule has 1 saturated carbocycles. The third-order valence-electron chi connectivity index (χ3n) is 3.46. The summed E-state index contributed by atoms with van der Waals surface area (Å²) in [7, 11) is 1.96. The molecule has 0 bridgehead atoms. The average Bonchev–Trinajstić information content (AvgIpc) is 3.10. The van der Waals surface area contributed by atoms with Gasteiger partial charge in [0.1, 0.15) is 0 Å². The zero-order valence-electron chi connectivity index (χ0n) is 11.0. The molecule has 0 aliphatic heterocycles. The summed E-state index contributed by atoms with van der Waals surface area (Å²) in [6.07, 6.45) is 4.65. The van der Waals surface area contributed by atoms with E-state index >= 15 is 0 Å². The van der Waals surface area contributed by atoms with E-state index in [2.05, 4.69) is 41.6 Å². The van der Waals surface area contributed by atoms with E-state index in [-0.39, 0.29) is 0 Å². The Labute approximate surface area is 108 Å². The standard InChI is InChI=1S/C15H19N3/c1-11-3-4-12(10-16-13-5-6-13)9-14(11)15-7-8-18(2)17-15/h3-4,7-9,13,16H,5-6,10H2,1-2H3.